The van der Waals surface area contributed by atoms with Gasteiger partial charge in [-0.3, -0.25) is 0 Å². The molecule has 0 saturated heterocycles. The normalized spacial score (nSPS) is 37.1. The standard InChI is InChI=1S/C21H38/c1-8-21(7,14(2)3)10-9-18(13-19-11-16(19)5)20-12-15(4)17(20)6/h14-17,19H,8-13H2,1-7H3. The zero-order valence-corrected chi connectivity index (χ0v) is 15.6. The predicted molar refractivity (Wildman–Crippen MR) is 94.3 cm³/mol. The summed E-state index contributed by atoms with van der Waals surface area (Å²) in [7, 11) is 0. The van der Waals surface area contributed by atoms with Crippen molar-refractivity contribution in [2.45, 2.75) is 87.0 Å². The van der Waals surface area contributed by atoms with Crippen LogP contribution in [0.25, 0.3) is 0 Å². The van der Waals surface area contributed by atoms with E-state index >= 15 is 0 Å². The lowest BCUT2D eigenvalue weighted by atomic mass is 9.66. The maximum absolute atomic E-state index is 2.51. The Kier molecular flexibility index (Phi) is 5.27. The SMILES string of the molecule is CCC(C)(CCC(CC1CC1C)=C1CC(C)C1C)C(C)C. The van der Waals surface area contributed by atoms with Gasteiger partial charge in [0.1, 0.15) is 0 Å². The van der Waals surface area contributed by atoms with Crippen LogP contribution in [0.3, 0.4) is 0 Å². The molecule has 2 rings (SSSR count). The minimum atomic E-state index is 0.527. The molecule has 21 heavy (non-hydrogen) atoms. The van der Waals surface area contributed by atoms with Gasteiger partial charge in [0, 0.05) is 0 Å². The molecule has 5 atom stereocenters. The molecule has 0 bridgehead atoms. The molecule has 2 saturated carbocycles. The average molecular weight is 291 g/mol. The van der Waals surface area contributed by atoms with E-state index in [-0.39, 0.29) is 0 Å². The Morgan fingerprint density at radius 2 is 1.81 bits per heavy atom. The average Bonchev–Trinajstić information content (AvgIpc) is 3.15. The van der Waals surface area contributed by atoms with E-state index in [1.165, 1.54) is 38.5 Å². The van der Waals surface area contributed by atoms with E-state index in [1.54, 1.807) is 0 Å². The molecule has 2 fully saturated rings. The molecule has 0 heterocycles. The molecular weight excluding hydrogens is 252 g/mol. The highest BCUT2D eigenvalue weighted by molar-refractivity contribution is 5.26. The van der Waals surface area contributed by atoms with Crippen molar-refractivity contribution in [3.8, 4) is 0 Å². The third-order valence-corrected chi connectivity index (χ3v) is 7.38. The second-order valence-electron chi connectivity index (χ2n) is 8.94. The van der Waals surface area contributed by atoms with E-state index in [1.807, 2.05) is 11.1 Å². The van der Waals surface area contributed by atoms with Gasteiger partial charge in [-0.25, -0.2) is 0 Å². The maximum atomic E-state index is 2.51. The van der Waals surface area contributed by atoms with Gasteiger partial charge in [0.2, 0.25) is 0 Å². The monoisotopic (exact) mass is 290 g/mol. The Morgan fingerprint density at radius 1 is 1.19 bits per heavy atom. The lowest BCUT2D eigenvalue weighted by molar-refractivity contribution is 0.188. The van der Waals surface area contributed by atoms with Gasteiger partial charge in [0.25, 0.3) is 0 Å². The summed E-state index contributed by atoms with van der Waals surface area (Å²) < 4.78 is 0. The first-order chi connectivity index (χ1) is 9.78. The Balaban J connectivity index is 2.03. The van der Waals surface area contributed by atoms with E-state index in [4.69, 9.17) is 0 Å². The molecule has 122 valence electrons. The van der Waals surface area contributed by atoms with Crippen LogP contribution in [0.4, 0.5) is 0 Å². The molecule has 0 radical (unpaired) electrons. The minimum absolute atomic E-state index is 0.527. The van der Waals surface area contributed by atoms with Crippen LogP contribution in [0.5, 0.6) is 0 Å². The Bertz CT molecular complexity index is 389. The van der Waals surface area contributed by atoms with Crippen molar-refractivity contribution in [1.29, 1.82) is 0 Å². The molecular formula is C21H38. The quantitative estimate of drug-likeness (QED) is 0.449. The summed E-state index contributed by atoms with van der Waals surface area (Å²) in [4.78, 5) is 0. The molecule has 0 nitrogen and oxygen atoms in total. The summed E-state index contributed by atoms with van der Waals surface area (Å²) >= 11 is 0. The fourth-order valence-electron chi connectivity index (χ4n) is 4.06. The number of hydrogen-bond donors (Lipinski definition) is 0. The van der Waals surface area contributed by atoms with E-state index in [0.29, 0.717) is 5.41 Å². The Labute approximate surface area is 133 Å². The second kappa shape index (κ2) is 6.47. The van der Waals surface area contributed by atoms with Gasteiger partial charge < -0.3 is 0 Å². The summed E-state index contributed by atoms with van der Waals surface area (Å²) in [6.45, 7) is 17.0. The first-order valence-electron chi connectivity index (χ1n) is 9.49. The van der Waals surface area contributed by atoms with Crippen LogP contribution in [-0.4, -0.2) is 0 Å². The summed E-state index contributed by atoms with van der Waals surface area (Å²) in [6.07, 6.45) is 8.38. The fraction of sp³-hybridized carbons (Fsp3) is 0.905. The molecule has 0 amide bonds. The van der Waals surface area contributed by atoms with Crippen LogP contribution in [0.15, 0.2) is 11.1 Å². The van der Waals surface area contributed by atoms with Crippen LogP contribution < -0.4 is 0 Å². The van der Waals surface area contributed by atoms with Crippen LogP contribution in [0.1, 0.15) is 87.0 Å². The summed E-state index contributed by atoms with van der Waals surface area (Å²) in [5, 5.41) is 0. The molecule has 0 aromatic heterocycles. The zero-order chi connectivity index (χ0) is 15.8. The first kappa shape index (κ1) is 17.1. The lowest BCUT2D eigenvalue weighted by Gasteiger charge is -2.39. The smallest absolute Gasteiger partial charge is 0.0200 e. The molecule has 0 aromatic rings. The van der Waals surface area contributed by atoms with Crippen molar-refractivity contribution in [3.05, 3.63) is 11.1 Å². The van der Waals surface area contributed by atoms with Gasteiger partial charge in [-0.15, -0.1) is 0 Å². The van der Waals surface area contributed by atoms with E-state index in [0.717, 1.165) is 29.6 Å². The largest absolute Gasteiger partial charge is 0.0704 e. The summed E-state index contributed by atoms with van der Waals surface area (Å²) in [5.41, 5.74) is 4.25. The maximum Gasteiger partial charge on any atom is -0.0200 e. The van der Waals surface area contributed by atoms with Crippen molar-refractivity contribution < 1.29 is 0 Å². The molecule has 2 aliphatic carbocycles. The van der Waals surface area contributed by atoms with Crippen molar-refractivity contribution in [3.63, 3.8) is 0 Å². The lowest BCUT2D eigenvalue weighted by Crippen LogP contribution is -2.27. The molecule has 2 aliphatic rings. The van der Waals surface area contributed by atoms with Crippen LogP contribution in [0.2, 0.25) is 0 Å². The van der Waals surface area contributed by atoms with Crippen LogP contribution >= 0.6 is 0 Å². The molecule has 0 spiro atoms. The van der Waals surface area contributed by atoms with E-state index in [9.17, 15) is 0 Å². The summed E-state index contributed by atoms with van der Waals surface area (Å²) in [6, 6.07) is 0. The van der Waals surface area contributed by atoms with Gasteiger partial charge in [-0.05, 0) is 67.1 Å². The highest BCUT2D eigenvalue weighted by Crippen LogP contribution is 2.49. The Morgan fingerprint density at radius 3 is 2.19 bits per heavy atom. The van der Waals surface area contributed by atoms with Crippen molar-refractivity contribution in [2.24, 2.45) is 35.0 Å². The van der Waals surface area contributed by atoms with Crippen molar-refractivity contribution >= 4 is 0 Å². The topological polar surface area (TPSA) is 0 Å². The molecule has 0 heteroatoms. The number of hydrogen-bond acceptors (Lipinski definition) is 0. The molecule has 0 aliphatic heterocycles. The van der Waals surface area contributed by atoms with Crippen LogP contribution in [0, 0.1) is 35.0 Å². The molecule has 0 aromatic carbocycles. The third-order valence-electron chi connectivity index (χ3n) is 7.38. The van der Waals surface area contributed by atoms with Crippen molar-refractivity contribution in [2.75, 3.05) is 0 Å². The number of allylic oxidation sites excluding steroid dienone is 2. The minimum Gasteiger partial charge on any atom is -0.0704 e. The van der Waals surface area contributed by atoms with Gasteiger partial charge in [0.05, 0.1) is 0 Å². The summed E-state index contributed by atoms with van der Waals surface area (Å²) in [5.74, 6) is 4.60. The van der Waals surface area contributed by atoms with Gasteiger partial charge in [-0.2, -0.15) is 0 Å². The van der Waals surface area contributed by atoms with E-state index in [2.05, 4.69) is 48.5 Å². The van der Waals surface area contributed by atoms with Crippen LogP contribution in [-0.2, 0) is 0 Å². The fourth-order valence-corrected chi connectivity index (χ4v) is 4.06. The van der Waals surface area contributed by atoms with Crippen molar-refractivity contribution in [1.82, 2.24) is 0 Å². The first-order valence-corrected chi connectivity index (χ1v) is 9.49. The Hall–Kier alpha value is -0.260. The highest BCUT2D eigenvalue weighted by Gasteiger charge is 2.37. The predicted octanol–water partition coefficient (Wildman–Crippen LogP) is 6.86. The molecule has 5 unspecified atom stereocenters. The van der Waals surface area contributed by atoms with Gasteiger partial charge >= 0.3 is 0 Å². The van der Waals surface area contributed by atoms with E-state index < -0.39 is 0 Å². The highest BCUT2D eigenvalue weighted by atomic mass is 14.4. The van der Waals surface area contributed by atoms with Gasteiger partial charge in [0.15, 0.2) is 0 Å². The molecule has 0 N–H and O–H groups in total. The number of rotatable bonds is 7. The third kappa shape index (κ3) is 3.74. The second-order valence-corrected chi connectivity index (χ2v) is 8.94. The zero-order valence-electron chi connectivity index (χ0n) is 15.6. The van der Waals surface area contributed by atoms with Gasteiger partial charge in [-0.1, -0.05) is 66.0 Å².